The summed E-state index contributed by atoms with van der Waals surface area (Å²) in [4.78, 5) is 23.4. The van der Waals surface area contributed by atoms with Crippen LogP contribution in [0.5, 0.6) is 0 Å². The van der Waals surface area contributed by atoms with Crippen molar-refractivity contribution in [2.24, 2.45) is 5.92 Å². The van der Waals surface area contributed by atoms with Gasteiger partial charge in [-0.2, -0.15) is 5.10 Å². The van der Waals surface area contributed by atoms with Crippen molar-refractivity contribution in [3.63, 3.8) is 0 Å². The Morgan fingerprint density at radius 2 is 1.72 bits per heavy atom. The highest BCUT2D eigenvalue weighted by Gasteiger charge is 2.25. The topological polar surface area (TPSA) is 75.9 Å². The summed E-state index contributed by atoms with van der Waals surface area (Å²) < 4.78 is 1.91. The molecule has 0 saturated carbocycles. The van der Waals surface area contributed by atoms with Crippen molar-refractivity contribution in [3.05, 3.63) is 59.8 Å². The predicted molar refractivity (Wildman–Crippen MR) is 113 cm³/mol. The highest BCUT2D eigenvalue weighted by atomic mass is 16.1. The number of hydrogen-bond acceptors (Lipinski definition) is 5. The van der Waals surface area contributed by atoms with Crippen molar-refractivity contribution in [1.29, 1.82) is 0 Å². The van der Waals surface area contributed by atoms with Crippen LogP contribution in [0.15, 0.2) is 42.7 Å². The smallest absolute Gasteiger partial charge is 0.227 e. The average molecular weight is 390 g/mol. The Bertz CT molecular complexity index is 1000. The number of anilines is 2. The highest BCUT2D eigenvalue weighted by Crippen LogP contribution is 2.24. The lowest BCUT2D eigenvalue weighted by Crippen LogP contribution is -2.38. The first-order valence-electron chi connectivity index (χ1n) is 9.98. The molecule has 3 heterocycles. The molecule has 7 nitrogen and oxygen atoms in total. The van der Waals surface area contributed by atoms with Crippen molar-refractivity contribution < 1.29 is 4.79 Å². The van der Waals surface area contributed by atoms with Gasteiger partial charge < -0.3 is 10.2 Å². The number of piperidine rings is 1. The number of benzene rings is 1. The quantitative estimate of drug-likeness (QED) is 0.738. The molecular formula is C22H26N6O. The molecule has 1 fully saturated rings. The van der Waals surface area contributed by atoms with Crippen molar-refractivity contribution >= 4 is 17.4 Å². The van der Waals surface area contributed by atoms with E-state index in [-0.39, 0.29) is 11.8 Å². The van der Waals surface area contributed by atoms with Crippen LogP contribution in [0, 0.1) is 26.7 Å². The number of aromatic nitrogens is 4. The van der Waals surface area contributed by atoms with Crippen LogP contribution in [0.25, 0.3) is 5.69 Å². The molecule has 29 heavy (non-hydrogen) atoms. The maximum atomic E-state index is 12.7. The predicted octanol–water partition coefficient (Wildman–Crippen LogP) is 3.44. The molecule has 2 aromatic heterocycles. The molecule has 0 unspecified atom stereocenters. The number of hydrogen-bond donors (Lipinski definition) is 1. The first-order valence-corrected chi connectivity index (χ1v) is 9.98. The zero-order valence-corrected chi connectivity index (χ0v) is 17.1. The average Bonchev–Trinajstić information content (AvgIpc) is 3.06. The van der Waals surface area contributed by atoms with Crippen molar-refractivity contribution in [2.75, 3.05) is 23.3 Å². The van der Waals surface area contributed by atoms with E-state index in [0.29, 0.717) is 0 Å². The fourth-order valence-corrected chi connectivity index (χ4v) is 3.80. The molecule has 3 aromatic rings. The van der Waals surface area contributed by atoms with Crippen LogP contribution < -0.4 is 10.2 Å². The number of aryl methyl sites for hydroxylation is 3. The van der Waals surface area contributed by atoms with Crippen LogP contribution in [-0.4, -0.2) is 38.7 Å². The van der Waals surface area contributed by atoms with Crippen molar-refractivity contribution in [1.82, 2.24) is 19.7 Å². The summed E-state index contributed by atoms with van der Waals surface area (Å²) >= 11 is 0. The second-order valence-corrected chi connectivity index (χ2v) is 7.65. The van der Waals surface area contributed by atoms with E-state index in [1.807, 2.05) is 61.9 Å². The summed E-state index contributed by atoms with van der Waals surface area (Å²) in [6.45, 7) is 7.63. The largest absolute Gasteiger partial charge is 0.356 e. The van der Waals surface area contributed by atoms with E-state index in [0.717, 1.165) is 60.2 Å². The van der Waals surface area contributed by atoms with Gasteiger partial charge in [-0.3, -0.25) is 4.79 Å². The van der Waals surface area contributed by atoms with Crippen LogP contribution in [0.1, 0.15) is 29.9 Å². The Kier molecular flexibility index (Phi) is 5.29. The zero-order valence-electron chi connectivity index (χ0n) is 17.1. The lowest BCUT2D eigenvalue weighted by atomic mass is 9.95. The molecule has 150 valence electrons. The lowest BCUT2D eigenvalue weighted by Gasteiger charge is -2.32. The Morgan fingerprint density at radius 3 is 2.34 bits per heavy atom. The van der Waals surface area contributed by atoms with Crippen LogP contribution in [0.3, 0.4) is 0 Å². The molecule has 1 saturated heterocycles. The second kappa shape index (κ2) is 8.03. The maximum Gasteiger partial charge on any atom is 0.227 e. The monoisotopic (exact) mass is 390 g/mol. The number of rotatable bonds is 4. The van der Waals surface area contributed by atoms with E-state index in [4.69, 9.17) is 0 Å². The zero-order chi connectivity index (χ0) is 20.4. The Hall–Kier alpha value is -3.22. The molecule has 0 atom stereocenters. The second-order valence-electron chi connectivity index (χ2n) is 7.65. The normalized spacial score (nSPS) is 14.8. The molecule has 1 aliphatic rings. The van der Waals surface area contributed by atoms with Crippen LogP contribution in [-0.2, 0) is 4.79 Å². The highest BCUT2D eigenvalue weighted by molar-refractivity contribution is 5.92. The summed E-state index contributed by atoms with van der Waals surface area (Å²) in [6, 6.07) is 11.9. The van der Waals surface area contributed by atoms with Gasteiger partial charge in [-0.15, -0.1) is 0 Å². The first-order chi connectivity index (χ1) is 14.0. The van der Waals surface area contributed by atoms with E-state index >= 15 is 0 Å². The first kappa shape index (κ1) is 19.1. The summed E-state index contributed by atoms with van der Waals surface area (Å²) in [7, 11) is 0. The summed E-state index contributed by atoms with van der Waals surface area (Å²) in [5.41, 5.74) is 4.84. The molecule has 0 bridgehead atoms. The Balaban J connectivity index is 1.35. The van der Waals surface area contributed by atoms with Crippen molar-refractivity contribution in [3.8, 4) is 5.69 Å². The van der Waals surface area contributed by atoms with Gasteiger partial charge in [0.2, 0.25) is 5.91 Å². The van der Waals surface area contributed by atoms with E-state index < -0.39 is 0 Å². The summed E-state index contributed by atoms with van der Waals surface area (Å²) in [6.07, 6.45) is 3.23. The lowest BCUT2D eigenvalue weighted by molar-refractivity contribution is -0.120. The van der Waals surface area contributed by atoms with Gasteiger partial charge in [0, 0.05) is 42.1 Å². The van der Waals surface area contributed by atoms with Crippen LogP contribution >= 0.6 is 0 Å². The number of nitrogens with one attached hydrogen (secondary N) is 1. The third kappa shape index (κ3) is 4.29. The van der Waals surface area contributed by atoms with Gasteiger partial charge in [-0.25, -0.2) is 14.6 Å². The number of nitrogens with zero attached hydrogens (tertiary/aromatic N) is 5. The molecule has 1 aliphatic heterocycles. The van der Waals surface area contributed by atoms with Gasteiger partial charge in [-0.1, -0.05) is 0 Å². The number of amides is 1. The summed E-state index contributed by atoms with van der Waals surface area (Å²) in [5.74, 6) is 1.04. The summed E-state index contributed by atoms with van der Waals surface area (Å²) in [5, 5.41) is 7.56. The van der Waals surface area contributed by atoms with Gasteiger partial charge in [0.1, 0.15) is 12.1 Å². The standard InChI is InChI=1S/C22H26N6O/c1-15-13-21(24-14-23-15)27-10-8-18(9-11-27)22(29)25-19-4-6-20(7-5-19)28-17(3)12-16(2)26-28/h4-7,12-14,18H,8-11H2,1-3H3,(H,25,29). The van der Waals surface area contributed by atoms with E-state index in [2.05, 4.69) is 25.3 Å². The molecule has 0 radical (unpaired) electrons. The fourth-order valence-electron chi connectivity index (χ4n) is 3.80. The molecular weight excluding hydrogens is 364 g/mol. The Labute approximate surface area is 170 Å². The fraction of sp³-hybridized carbons (Fsp3) is 0.364. The molecule has 1 N–H and O–H groups in total. The SMILES string of the molecule is Cc1cc(N2CCC(C(=O)Nc3ccc(-n4nc(C)cc4C)cc3)CC2)ncn1. The minimum Gasteiger partial charge on any atom is -0.356 e. The minimum absolute atomic E-state index is 0.0184. The van der Waals surface area contributed by atoms with Crippen LogP contribution in [0.2, 0.25) is 0 Å². The maximum absolute atomic E-state index is 12.7. The number of carbonyl (C=O) groups is 1. The third-order valence-corrected chi connectivity index (χ3v) is 5.37. The minimum atomic E-state index is 0.0184. The number of carbonyl (C=O) groups excluding carboxylic acids is 1. The third-order valence-electron chi connectivity index (χ3n) is 5.37. The van der Waals surface area contributed by atoms with E-state index in [9.17, 15) is 4.79 Å². The molecule has 1 aromatic carbocycles. The van der Waals surface area contributed by atoms with Gasteiger partial charge in [0.25, 0.3) is 0 Å². The molecule has 0 aliphatic carbocycles. The molecule has 0 spiro atoms. The van der Waals surface area contributed by atoms with Crippen LogP contribution in [0.4, 0.5) is 11.5 Å². The Morgan fingerprint density at radius 1 is 1.00 bits per heavy atom. The molecule has 7 heteroatoms. The van der Waals surface area contributed by atoms with Gasteiger partial charge in [0.15, 0.2) is 0 Å². The molecule has 1 amide bonds. The van der Waals surface area contributed by atoms with E-state index in [1.54, 1.807) is 6.33 Å². The van der Waals surface area contributed by atoms with Gasteiger partial charge in [-0.05, 0) is 63.9 Å². The van der Waals surface area contributed by atoms with Gasteiger partial charge >= 0.3 is 0 Å². The van der Waals surface area contributed by atoms with Crippen molar-refractivity contribution in [2.45, 2.75) is 33.6 Å². The molecule has 4 rings (SSSR count). The van der Waals surface area contributed by atoms with Gasteiger partial charge in [0.05, 0.1) is 11.4 Å². The van der Waals surface area contributed by atoms with E-state index in [1.165, 1.54) is 0 Å².